The molecule has 1 aromatic heterocycles. The second-order valence-electron chi connectivity index (χ2n) is 7.58. The van der Waals surface area contributed by atoms with Gasteiger partial charge in [0, 0.05) is 25.8 Å². The van der Waals surface area contributed by atoms with Crippen LogP contribution in [0.25, 0.3) is 0 Å². The number of carbonyl (C=O) groups is 1. The standard InChI is InChI=1S/C19H30N4O/c1-22-10-6-7-15(14-22)11-16-12-21-18(13-20-16)19(24)23(2)17-8-4-3-5-9-17/h12-13,15,17H,3-11,14H2,1-2H3. The van der Waals surface area contributed by atoms with Crippen molar-refractivity contribution in [1.29, 1.82) is 0 Å². The number of piperidine rings is 1. The van der Waals surface area contributed by atoms with Gasteiger partial charge in [0.2, 0.25) is 0 Å². The largest absolute Gasteiger partial charge is 0.337 e. The van der Waals surface area contributed by atoms with Gasteiger partial charge in [0.15, 0.2) is 0 Å². The van der Waals surface area contributed by atoms with Gasteiger partial charge in [-0.2, -0.15) is 0 Å². The maximum atomic E-state index is 12.6. The van der Waals surface area contributed by atoms with Crippen molar-refractivity contribution in [2.45, 2.75) is 57.4 Å². The van der Waals surface area contributed by atoms with E-state index in [1.807, 2.05) is 11.9 Å². The summed E-state index contributed by atoms with van der Waals surface area (Å²) in [6.07, 6.45) is 12.9. The summed E-state index contributed by atoms with van der Waals surface area (Å²) in [5.74, 6) is 0.669. The smallest absolute Gasteiger partial charge is 0.274 e. The fourth-order valence-electron chi connectivity index (χ4n) is 4.12. The van der Waals surface area contributed by atoms with Gasteiger partial charge in [-0.25, -0.2) is 4.98 Å². The minimum Gasteiger partial charge on any atom is -0.337 e. The summed E-state index contributed by atoms with van der Waals surface area (Å²) < 4.78 is 0. The summed E-state index contributed by atoms with van der Waals surface area (Å²) in [6.45, 7) is 2.33. The van der Waals surface area contributed by atoms with E-state index in [9.17, 15) is 4.79 Å². The van der Waals surface area contributed by atoms with E-state index in [0.717, 1.165) is 31.5 Å². The van der Waals surface area contributed by atoms with Crippen LogP contribution >= 0.6 is 0 Å². The van der Waals surface area contributed by atoms with Crippen molar-refractivity contribution in [1.82, 2.24) is 19.8 Å². The van der Waals surface area contributed by atoms with Gasteiger partial charge in [0.1, 0.15) is 5.69 Å². The van der Waals surface area contributed by atoms with Gasteiger partial charge in [-0.1, -0.05) is 19.3 Å². The molecule has 2 fully saturated rings. The van der Waals surface area contributed by atoms with E-state index in [0.29, 0.717) is 17.7 Å². The van der Waals surface area contributed by atoms with Crippen LogP contribution in [0.5, 0.6) is 0 Å². The molecule has 132 valence electrons. The molecule has 0 spiro atoms. The zero-order chi connectivity index (χ0) is 16.9. The number of hydrogen-bond acceptors (Lipinski definition) is 4. The zero-order valence-electron chi connectivity index (χ0n) is 15.1. The zero-order valence-corrected chi connectivity index (χ0v) is 15.1. The average Bonchev–Trinajstić information content (AvgIpc) is 2.62. The van der Waals surface area contributed by atoms with E-state index >= 15 is 0 Å². The molecule has 3 rings (SSSR count). The molecule has 5 heteroatoms. The van der Waals surface area contributed by atoms with E-state index < -0.39 is 0 Å². The highest BCUT2D eigenvalue weighted by Crippen LogP contribution is 2.23. The number of aromatic nitrogens is 2. The lowest BCUT2D eigenvalue weighted by molar-refractivity contribution is 0.0689. The summed E-state index contributed by atoms with van der Waals surface area (Å²) in [5.41, 5.74) is 1.49. The molecular weight excluding hydrogens is 300 g/mol. The summed E-state index contributed by atoms with van der Waals surface area (Å²) in [5, 5.41) is 0. The molecule has 0 aromatic carbocycles. The fourth-order valence-corrected chi connectivity index (χ4v) is 4.12. The molecule has 1 unspecified atom stereocenters. The third kappa shape index (κ3) is 4.32. The van der Waals surface area contributed by atoms with Crippen molar-refractivity contribution < 1.29 is 4.79 Å². The predicted molar refractivity (Wildman–Crippen MR) is 94.9 cm³/mol. The summed E-state index contributed by atoms with van der Waals surface area (Å²) in [6, 6.07) is 0.366. The number of hydrogen-bond donors (Lipinski definition) is 0. The Morgan fingerprint density at radius 2 is 1.96 bits per heavy atom. The lowest BCUT2D eigenvalue weighted by Gasteiger charge is -2.31. The third-order valence-corrected chi connectivity index (χ3v) is 5.59. The van der Waals surface area contributed by atoms with Crippen LogP contribution in [0, 0.1) is 5.92 Å². The van der Waals surface area contributed by atoms with E-state index in [-0.39, 0.29) is 5.91 Å². The SMILES string of the molecule is CN1CCCC(Cc2cnc(C(=O)N(C)C3CCCCC3)cn2)C1. The summed E-state index contributed by atoms with van der Waals surface area (Å²) in [4.78, 5) is 25.8. The van der Waals surface area contributed by atoms with Crippen LogP contribution in [0.3, 0.4) is 0 Å². The van der Waals surface area contributed by atoms with Crippen LogP contribution in [-0.2, 0) is 6.42 Å². The Morgan fingerprint density at radius 1 is 1.17 bits per heavy atom. The van der Waals surface area contributed by atoms with Crippen molar-refractivity contribution in [3.05, 3.63) is 23.8 Å². The first kappa shape index (κ1) is 17.3. The molecule has 1 aromatic rings. The van der Waals surface area contributed by atoms with Gasteiger partial charge in [-0.3, -0.25) is 9.78 Å². The number of rotatable bonds is 4. The second-order valence-corrected chi connectivity index (χ2v) is 7.58. The maximum Gasteiger partial charge on any atom is 0.274 e. The molecule has 1 amide bonds. The van der Waals surface area contributed by atoms with Gasteiger partial charge in [0.25, 0.3) is 5.91 Å². The molecule has 1 saturated heterocycles. The first-order chi connectivity index (χ1) is 11.6. The van der Waals surface area contributed by atoms with Crippen LogP contribution in [0.2, 0.25) is 0 Å². The first-order valence-corrected chi connectivity index (χ1v) is 9.40. The number of nitrogens with zero attached hydrogens (tertiary/aromatic N) is 4. The number of amides is 1. The highest BCUT2D eigenvalue weighted by molar-refractivity contribution is 5.92. The molecule has 1 aliphatic heterocycles. The van der Waals surface area contributed by atoms with Gasteiger partial charge in [-0.05, 0) is 51.6 Å². The van der Waals surface area contributed by atoms with Gasteiger partial charge < -0.3 is 9.80 Å². The number of carbonyl (C=O) groups excluding carboxylic acids is 1. The first-order valence-electron chi connectivity index (χ1n) is 9.40. The monoisotopic (exact) mass is 330 g/mol. The maximum absolute atomic E-state index is 12.6. The summed E-state index contributed by atoms with van der Waals surface area (Å²) >= 11 is 0. The average molecular weight is 330 g/mol. The Bertz CT molecular complexity index is 539. The lowest BCUT2D eigenvalue weighted by atomic mass is 9.94. The van der Waals surface area contributed by atoms with Gasteiger partial charge >= 0.3 is 0 Å². The van der Waals surface area contributed by atoms with Gasteiger partial charge in [-0.15, -0.1) is 0 Å². The van der Waals surface area contributed by atoms with Crippen LogP contribution < -0.4 is 0 Å². The molecule has 2 aliphatic rings. The Balaban J connectivity index is 1.58. The van der Waals surface area contributed by atoms with Crippen LogP contribution in [0.1, 0.15) is 61.1 Å². The molecule has 24 heavy (non-hydrogen) atoms. The van der Waals surface area contributed by atoms with Crippen LogP contribution in [-0.4, -0.2) is 58.9 Å². The van der Waals surface area contributed by atoms with Crippen molar-refractivity contribution in [3.63, 3.8) is 0 Å². The molecular formula is C19H30N4O. The number of likely N-dealkylation sites (tertiary alicyclic amines) is 1. The molecule has 1 saturated carbocycles. The van der Waals surface area contributed by atoms with Crippen LogP contribution in [0.4, 0.5) is 0 Å². The Morgan fingerprint density at radius 3 is 2.62 bits per heavy atom. The normalized spacial score (nSPS) is 23.2. The Labute approximate surface area is 145 Å². The molecule has 2 heterocycles. The van der Waals surface area contributed by atoms with Crippen molar-refractivity contribution >= 4 is 5.91 Å². The van der Waals surface area contributed by atoms with E-state index in [4.69, 9.17) is 0 Å². The highest BCUT2D eigenvalue weighted by Gasteiger charge is 2.24. The molecule has 0 N–H and O–H groups in total. The van der Waals surface area contributed by atoms with E-state index in [2.05, 4.69) is 21.9 Å². The van der Waals surface area contributed by atoms with Gasteiger partial charge in [0.05, 0.1) is 11.9 Å². The summed E-state index contributed by atoms with van der Waals surface area (Å²) in [7, 11) is 4.09. The Hall–Kier alpha value is -1.49. The van der Waals surface area contributed by atoms with Crippen molar-refractivity contribution in [2.75, 3.05) is 27.2 Å². The fraction of sp³-hybridized carbons (Fsp3) is 0.737. The minimum absolute atomic E-state index is 0.0124. The van der Waals surface area contributed by atoms with Crippen LogP contribution in [0.15, 0.2) is 12.4 Å². The van der Waals surface area contributed by atoms with Crippen molar-refractivity contribution in [3.8, 4) is 0 Å². The molecule has 0 bridgehead atoms. The predicted octanol–water partition coefficient (Wildman–Crippen LogP) is 2.77. The second kappa shape index (κ2) is 8.06. The molecule has 0 radical (unpaired) electrons. The van der Waals surface area contributed by atoms with Crippen molar-refractivity contribution in [2.24, 2.45) is 5.92 Å². The molecule has 1 atom stereocenters. The molecule has 5 nitrogen and oxygen atoms in total. The highest BCUT2D eigenvalue weighted by atomic mass is 16.2. The minimum atomic E-state index is 0.0124. The van der Waals surface area contributed by atoms with E-state index in [1.54, 1.807) is 12.4 Å². The lowest BCUT2D eigenvalue weighted by Crippen LogP contribution is -2.38. The van der Waals surface area contributed by atoms with E-state index in [1.165, 1.54) is 38.6 Å². The topological polar surface area (TPSA) is 49.3 Å². The molecule has 1 aliphatic carbocycles. The third-order valence-electron chi connectivity index (χ3n) is 5.59. The quantitative estimate of drug-likeness (QED) is 0.852. The Kier molecular flexibility index (Phi) is 5.82.